The molecule has 0 saturated carbocycles. The molecule has 3 nitrogen and oxygen atoms in total. The number of pyridine rings is 1. The first-order chi connectivity index (χ1) is 11.7. The van der Waals surface area contributed by atoms with Gasteiger partial charge >= 0.3 is 0 Å². The van der Waals surface area contributed by atoms with Crippen molar-refractivity contribution < 1.29 is 0 Å². The summed E-state index contributed by atoms with van der Waals surface area (Å²) in [6.45, 7) is 4.36. The lowest BCUT2D eigenvalue weighted by molar-refractivity contribution is 0.842. The largest absolute Gasteiger partial charge is 0.255 e. The Morgan fingerprint density at radius 1 is 1.12 bits per heavy atom. The summed E-state index contributed by atoms with van der Waals surface area (Å²) in [5.41, 5.74) is 7.39. The highest BCUT2D eigenvalue weighted by Gasteiger charge is 2.19. The summed E-state index contributed by atoms with van der Waals surface area (Å²) >= 11 is 1.70. The average molecular weight is 333 g/mol. The Morgan fingerprint density at radius 3 is 2.83 bits per heavy atom. The van der Waals surface area contributed by atoms with Gasteiger partial charge in [-0.25, -0.2) is 9.98 Å². The fraction of sp³-hybridized carbons (Fsp3) is 0.250. The number of rotatable bonds is 2. The summed E-state index contributed by atoms with van der Waals surface area (Å²) < 4.78 is 0. The highest BCUT2D eigenvalue weighted by atomic mass is 32.1. The molecule has 0 saturated heterocycles. The van der Waals surface area contributed by atoms with Gasteiger partial charge in [0.25, 0.3) is 0 Å². The van der Waals surface area contributed by atoms with E-state index in [-0.39, 0.29) is 0 Å². The summed E-state index contributed by atoms with van der Waals surface area (Å²) in [6.07, 6.45) is 6.96. The maximum absolute atomic E-state index is 4.83. The predicted molar refractivity (Wildman–Crippen MR) is 101 cm³/mol. The Hall–Kier alpha value is -2.33. The Bertz CT molecular complexity index is 910. The van der Waals surface area contributed by atoms with Crippen molar-refractivity contribution in [1.82, 2.24) is 9.97 Å². The molecule has 1 aliphatic rings. The van der Waals surface area contributed by atoms with Gasteiger partial charge < -0.3 is 0 Å². The molecule has 0 aliphatic heterocycles. The van der Waals surface area contributed by atoms with Crippen LogP contribution in [0.15, 0.2) is 41.5 Å². The summed E-state index contributed by atoms with van der Waals surface area (Å²) in [5.74, 6) is 0. The predicted octanol–water partition coefficient (Wildman–Crippen LogP) is 5.06. The van der Waals surface area contributed by atoms with Crippen LogP contribution in [0.2, 0.25) is 0 Å². The number of aromatic nitrogens is 2. The van der Waals surface area contributed by atoms with Crippen LogP contribution in [-0.2, 0) is 12.8 Å². The lowest BCUT2D eigenvalue weighted by Gasteiger charge is -2.09. The highest BCUT2D eigenvalue weighted by molar-refractivity contribution is 7.15. The minimum Gasteiger partial charge on any atom is -0.255 e. The van der Waals surface area contributed by atoms with Crippen LogP contribution in [0.1, 0.15) is 33.7 Å². The molecule has 0 amide bonds. The van der Waals surface area contributed by atoms with E-state index in [0.717, 1.165) is 29.4 Å². The van der Waals surface area contributed by atoms with Gasteiger partial charge in [-0.15, -0.1) is 0 Å². The van der Waals surface area contributed by atoms with Crippen LogP contribution >= 0.6 is 11.3 Å². The van der Waals surface area contributed by atoms with Crippen molar-refractivity contribution in [2.75, 3.05) is 0 Å². The summed E-state index contributed by atoms with van der Waals surface area (Å²) in [5, 5.41) is 0.816. The summed E-state index contributed by atoms with van der Waals surface area (Å²) in [6, 6.07) is 10.4. The second-order valence-corrected chi connectivity index (χ2v) is 7.29. The summed E-state index contributed by atoms with van der Waals surface area (Å²) in [7, 11) is 0. The van der Waals surface area contributed by atoms with E-state index in [2.05, 4.69) is 36.0 Å². The third-order valence-electron chi connectivity index (χ3n) is 4.51. The molecule has 1 aliphatic carbocycles. The van der Waals surface area contributed by atoms with Gasteiger partial charge in [-0.2, -0.15) is 0 Å². The maximum atomic E-state index is 4.83. The first-order valence-corrected chi connectivity index (χ1v) is 9.07. The van der Waals surface area contributed by atoms with E-state index in [1.807, 2.05) is 18.2 Å². The number of aryl methyl sites for hydroxylation is 4. The number of aliphatic imine (C=N–C) groups is 1. The van der Waals surface area contributed by atoms with Crippen LogP contribution < -0.4 is 0 Å². The molecule has 120 valence electrons. The van der Waals surface area contributed by atoms with E-state index in [4.69, 9.17) is 4.98 Å². The zero-order valence-electron chi connectivity index (χ0n) is 13.9. The van der Waals surface area contributed by atoms with E-state index in [1.165, 1.54) is 33.6 Å². The smallest absolute Gasteiger partial charge is 0.209 e. The van der Waals surface area contributed by atoms with Crippen molar-refractivity contribution in [1.29, 1.82) is 0 Å². The number of fused-ring (bicyclic) bond motifs is 3. The van der Waals surface area contributed by atoms with Gasteiger partial charge in [0.15, 0.2) is 0 Å². The third kappa shape index (κ3) is 2.89. The SMILES string of the molecule is Cc1cc2c(cc1C)-c1nc(/N=C/c3ccccn3)sc1CCC2. The second-order valence-electron chi connectivity index (χ2n) is 6.23. The van der Waals surface area contributed by atoms with Crippen molar-refractivity contribution in [2.24, 2.45) is 4.99 Å². The Kier molecular flexibility index (Phi) is 3.98. The molecule has 1 aromatic carbocycles. The molecule has 3 aromatic rings. The molecule has 24 heavy (non-hydrogen) atoms. The van der Waals surface area contributed by atoms with E-state index < -0.39 is 0 Å². The van der Waals surface area contributed by atoms with E-state index in [1.54, 1.807) is 23.7 Å². The normalized spacial score (nSPS) is 13.6. The number of benzene rings is 1. The van der Waals surface area contributed by atoms with Gasteiger partial charge in [-0.3, -0.25) is 4.98 Å². The highest BCUT2D eigenvalue weighted by Crippen LogP contribution is 2.39. The molecule has 0 bridgehead atoms. The van der Waals surface area contributed by atoms with E-state index in [0.29, 0.717) is 0 Å². The van der Waals surface area contributed by atoms with Crippen molar-refractivity contribution in [3.63, 3.8) is 0 Å². The molecule has 4 heteroatoms. The van der Waals surface area contributed by atoms with Gasteiger partial charge in [0.2, 0.25) is 5.13 Å². The minimum absolute atomic E-state index is 0.816. The molecular formula is C20H19N3S. The fourth-order valence-corrected chi connectivity index (χ4v) is 4.05. The van der Waals surface area contributed by atoms with Crippen LogP contribution in [0.25, 0.3) is 11.3 Å². The number of hydrogen-bond donors (Lipinski definition) is 0. The van der Waals surface area contributed by atoms with Crippen LogP contribution in [0.3, 0.4) is 0 Å². The quantitative estimate of drug-likeness (QED) is 0.615. The molecule has 0 fully saturated rings. The molecule has 2 aromatic heterocycles. The minimum atomic E-state index is 0.816. The van der Waals surface area contributed by atoms with E-state index >= 15 is 0 Å². The molecule has 0 atom stereocenters. The summed E-state index contributed by atoms with van der Waals surface area (Å²) in [4.78, 5) is 15.0. The van der Waals surface area contributed by atoms with Gasteiger partial charge in [-0.1, -0.05) is 23.5 Å². The van der Waals surface area contributed by atoms with Crippen molar-refractivity contribution in [3.8, 4) is 11.3 Å². The van der Waals surface area contributed by atoms with Crippen molar-refractivity contribution in [2.45, 2.75) is 33.1 Å². The Balaban J connectivity index is 1.74. The van der Waals surface area contributed by atoms with Crippen LogP contribution in [0.4, 0.5) is 5.13 Å². The second kappa shape index (κ2) is 6.29. The standard InChI is InChI=1S/C20H19N3S/c1-13-10-15-6-5-8-18-19(17(15)11-14(13)2)23-20(24-18)22-12-16-7-3-4-9-21-16/h3-4,7,9-12H,5-6,8H2,1-2H3/b22-12+. The fourth-order valence-electron chi connectivity index (χ4n) is 3.09. The zero-order chi connectivity index (χ0) is 16.5. The molecule has 2 heterocycles. The van der Waals surface area contributed by atoms with Crippen LogP contribution in [-0.4, -0.2) is 16.2 Å². The lowest BCUT2D eigenvalue weighted by atomic mass is 9.97. The maximum Gasteiger partial charge on any atom is 0.209 e. The van der Waals surface area contributed by atoms with Gasteiger partial charge in [0, 0.05) is 16.6 Å². The molecule has 4 rings (SSSR count). The van der Waals surface area contributed by atoms with Crippen molar-refractivity contribution >= 4 is 22.7 Å². The molecule has 0 radical (unpaired) electrons. The molecule has 0 N–H and O–H groups in total. The topological polar surface area (TPSA) is 38.1 Å². The van der Waals surface area contributed by atoms with E-state index in [9.17, 15) is 0 Å². The number of thiazole rings is 1. The average Bonchev–Trinajstić information content (AvgIpc) is 2.93. The first kappa shape index (κ1) is 15.2. The Labute approximate surface area is 146 Å². The molecular weight excluding hydrogens is 314 g/mol. The van der Waals surface area contributed by atoms with Crippen LogP contribution in [0, 0.1) is 13.8 Å². The third-order valence-corrected chi connectivity index (χ3v) is 5.53. The zero-order valence-corrected chi connectivity index (χ0v) is 14.7. The van der Waals surface area contributed by atoms with Gasteiger partial charge in [0.1, 0.15) is 0 Å². The van der Waals surface area contributed by atoms with Crippen LogP contribution in [0.5, 0.6) is 0 Å². The molecule has 0 unspecified atom stereocenters. The number of nitrogens with zero attached hydrogens (tertiary/aromatic N) is 3. The van der Waals surface area contributed by atoms with Gasteiger partial charge in [-0.05, 0) is 68.0 Å². The Morgan fingerprint density at radius 2 is 2.00 bits per heavy atom. The number of hydrogen-bond acceptors (Lipinski definition) is 4. The van der Waals surface area contributed by atoms with Gasteiger partial charge in [0.05, 0.1) is 17.6 Å². The lowest BCUT2D eigenvalue weighted by Crippen LogP contribution is -1.92. The monoisotopic (exact) mass is 333 g/mol. The first-order valence-electron chi connectivity index (χ1n) is 8.26. The van der Waals surface area contributed by atoms with Crippen molar-refractivity contribution in [3.05, 3.63) is 63.8 Å². The molecule has 0 spiro atoms.